The molecule has 0 fully saturated rings. The topological polar surface area (TPSA) is 35.2 Å². The molecule has 0 radical (unpaired) electrons. The molecule has 0 amide bonds. The molecule has 1 aromatic carbocycles. The molecule has 2 nitrogen and oxygen atoms in total. The van der Waals surface area contributed by atoms with Crippen LogP contribution in [0.3, 0.4) is 0 Å². The van der Waals surface area contributed by atoms with Crippen molar-refractivity contribution in [1.29, 1.82) is 0 Å². The lowest BCUT2D eigenvalue weighted by molar-refractivity contribution is 0.348. The van der Waals surface area contributed by atoms with Crippen molar-refractivity contribution in [2.24, 2.45) is 5.73 Å². The zero-order chi connectivity index (χ0) is 12.8. The van der Waals surface area contributed by atoms with Crippen LogP contribution >= 0.6 is 23.2 Å². The number of para-hydroxylation sites is 1. The van der Waals surface area contributed by atoms with Gasteiger partial charge in [0.15, 0.2) is 0 Å². The van der Waals surface area contributed by atoms with Gasteiger partial charge in [0.25, 0.3) is 0 Å². The van der Waals surface area contributed by atoms with Crippen LogP contribution in [0, 0.1) is 0 Å². The summed E-state index contributed by atoms with van der Waals surface area (Å²) in [4.78, 5) is 0. The second-order valence-electron chi connectivity index (χ2n) is 4.15. The lowest BCUT2D eigenvalue weighted by Gasteiger charge is -2.14. The van der Waals surface area contributed by atoms with E-state index < -0.39 is 0 Å². The molecule has 1 atom stereocenters. The molecule has 0 aromatic heterocycles. The summed E-state index contributed by atoms with van der Waals surface area (Å²) < 4.78 is 5.68. The molecule has 0 aliphatic rings. The number of halogens is 2. The highest BCUT2D eigenvalue weighted by molar-refractivity contribution is 6.32. The predicted octanol–water partition coefficient (Wildman–Crippen LogP) is 3.75. The monoisotopic (exact) mass is 273 g/mol. The van der Waals surface area contributed by atoms with E-state index in [1.165, 1.54) is 5.54 Å². The van der Waals surface area contributed by atoms with E-state index in [1.54, 1.807) is 6.07 Å². The van der Waals surface area contributed by atoms with Gasteiger partial charge in [0.05, 0.1) is 5.02 Å². The minimum absolute atomic E-state index is 0.0699. The van der Waals surface area contributed by atoms with Crippen molar-refractivity contribution in [3.8, 4) is 5.75 Å². The maximum atomic E-state index is 6.12. The minimum atomic E-state index is 0.0699. The molecule has 0 spiro atoms. The second kappa shape index (κ2) is 6.90. The third-order valence-corrected chi connectivity index (χ3v) is 2.89. The zero-order valence-corrected chi connectivity index (χ0v) is 11.6. The number of ether oxygens (including phenoxy) is 1. The Labute approximate surface area is 112 Å². The first kappa shape index (κ1) is 14.4. The molecule has 1 rings (SSSR count). The van der Waals surface area contributed by atoms with Crippen LogP contribution in [0.4, 0.5) is 0 Å². The second-order valence-corrected chi connectivity index (χ2v) is 4.78. The van der Waals surface area contributed by atoms with Crippen molar-refractivity contribution in [2.45, 2.75) is 26.3 Å². The highest BCUT2D eigenvalue weighted by atomic mass is 35.5. The predicted molar refractivity (Wildman–Crippen MR) is 73.9 cm³/mol. The smallest absolute Gasteiger partial charge is 0.141 e. The van der Waals surface area contributed by atoms with E-state index in [0.717, 1.165) is 17.6 Å². The average molecular weight is 274 g/mol. The highest BCUT2D eigenvalue weighted by Crippen LogP contribution is 2.29. The van der Waals surface area contributed by atoms with Gasteiger partial charge in [0.1, 0.15) is 12.4 Å². The SMILES string of the molecule is C/C(=C\Cl)COc1c(Cl)cccc1CC(C)N. The molecule has 0 bridgehead atoms. The standard InChI is InChI=1S/C13H17Cl2NO/c1-9(7-14)8-17-13-11(6-10(2)16)4-3-5-12(13)15/h3-5,7,10H,6,8,16H2,1-2H3/b9-7+. The highest BCUT2D eigenvalue weighted by Gasteiger charge is 2.10. The van der Waals surface area contributed by atoms with Gasteiger partial charge >= 0.3 is 0 Å². The maximum absolute atomic E-state index is 6.12. The van der Waals surface area contributed by atoms with Crippen molar-refractivity contribution in [2.75, 3.05) is 6.61 Å². The Morgan fingerprint density at radius 1 is 1.53 bits per heavy atom. The van der Waals surface area contributed by atoms with Crippen molar-refractivity contribution in [1.82, 2.24) is 0 Å². The Hall–Kier alpha value is -0.700. The van der Waals surface area contributed by atoms with Crippen molar-refractivity contribution in [3.63, 3.8) is 0 Å². The third-order valence-electron chi connectivity index (χ3n) is 2.22. The van der Waals surface area contributed by atoms with E-state index in [1.807, 2.05) is 26.0 Å². The van der Waals surface area contributed by atoms with Gasteiger partial charge in [-0.15, -0.1) is 0 Å². The first-order valence-electron chi connectivity index (χ1n) is 5.46. The summed E-state index contributed by atoms with van der Waals surface area (Å²) in [6, 6.07) is 5.75. The summed E-state index contributed by atoms with van der Waals surface area (Å²) in [5.74, 6) is 0.698. The zero-order valence-electron chi connectivity index (χ0n) is 10.0. The van der Waals surface area contributed by atoms with E-state index in [2.05, 4.69) is 0 Å². The molecule has 0 heterocycles. The Balaban J connectivity index is 2.87. The molecule has 0 aliphatic carbocycles. The summed E-state index contributed by atoms with van der Waals surface area (Å²) in [5, 5.41) is 0.602. The van der Waals surface area contributed by atoms with Gasteiger partial charge in [-0.3, -0.25) is 0 Å². The molecule has 0 aliphatic heterocycles. The summed E-state index contributed by atoms with van der Waals surface area (Å²) in [6.07, 6.45) is 0.736. The number of benzene rings is 1. The van der Waals surface area contributed by atoms with Gasteiger partial charge < -0.3 is 10.5 Å². The fraction of sp³-hybridized carbons (Fsp3) is 0.385. The summed E-state index contributed by atoms with van der Waals surface area (Å²) in [5.41, 5.74) is 9.26. The minimum Gasteiger partial charge on any atom is -0.487 e. The quantitative estimate of drug-likeness (QED) is 0.887. The number of hydrogen-bond acceptors (Lipinski definition) is 2. The van der Waals surface area contributed by atoms with E-state index in [9.17, 15) is 0 Å². The lowest BCUT2D eigenvalue weighted by Crippen LogP contribution is -2.18. The number of hydrogen-bond donors (Lipinski definition) is 1. The summed E-state index contributed by atoms with van der Waals surface area (Å²) in [7, 11) is 0. The summed E-state index contributed by atoms with van der Waals surface area (Å²) in [6.45, 7) is 4.28. The molecule has 1 unspecified atom stereocenters. The van der Waals surface area contributed by atoms with Crippen molar-refractivity contribution in [3.05, 3.63) is 39.9 Å². The molecular formula is C13H17Cl2NO. The van der Waals surface area contributed by atoms with Crippen LogP contribution in [0.2, 0.25) is 5.02 Å². The average Bonchev–Trinajstić information content (AvgIpc) is 2.27. The Bertz CT molecular complexity index is 402. The van der Waals surface area contributed by atoms with Crippen LogP contribution in [0.15, 0.2) is 29.3 Å². The van der Waals surface area contributed by atoms with Crippen LogP contribution in [-0.4, -0.2) is 12.6 Å². The molecule has 1 aromatic rings. The lowest BCUT2D eigenvalue weighted by atomic mass is 10.1. The molecular weight excluding hydrogens is 257 g/mol. The number of rotatable bonds is 5. The third kappa shape index (κ3) is 4.58. The van der Waals surface area contributed by atoms with E-state index >= 15 is 0 Å². The van der Waals surface area contributed by atoms with Gasteiger partial charge in [-0.25, -0.2) is 0 Å². The van der Waals surface area contributed by atoms with Crippen LogP contribution in [0.25, 0.3) is 0 Å². The van der Waals surface area contributed by atoms with Gasteiger partial charge in [-0.05, 0) is 37.5 Å². The number of nitrogens with two attached hydrogens (primary N) is 1. The van der Waals surface area contributed by atoms with Gasteiger partial charge in [0.2, 0.25) is 0 Å². The largest absolute Gasteiger partial charge is 0.487 e. The molecule has 0 saturated carbocycles. The fourth-order valence-electron chi connectivity index (χ4n) is 1.44. The molecule has 94 valence electrons. The molecule has 4 heteroatoms. The van der Waals surface area contributed by atoms with E-state index in [4.69, 9.17) is 33.7 Å². The first-order chi connectivity index (χ1) is 8.04. The van der Waals surface area contributed by atoms with Crippen LogP contribution < -0.4 is 10.5 Å². The summed E-state index contributed by atoms with van der Waals surface area (Å²) >= 11 is 11.7. The normalized spacial score (nSPS) is 13.6. The van der Waals surface area contributed by atoms with Gasteiger partial charge in [-0.2, -0.15) is 0 Å². The van der Waals surface area contributed by atoms with Gasteiger partial charge in [-0.1, -0.05) is 35.3 Å². The van der Waals surface area contributed by atoms with Crippen molar-refractivity contribution >= 4 is 23.2 Å². The Kier molecular flexibility index (Phi) is 5.83. The fourth-order valence-corrected chi connectivity index (χ4v) is 1.75. The van der Waals surface area contributed by atoms with Gasteiger partial charge in [0, 0.05) is 11.6 Å². The van der Waals surface area contributed by atoms with Crippen molar-refractivity contribution < 1.29 is 4.74 Å². The van der Waals surface area contributed by atoms with Crippen LogP contribution in [0.1, 0.15) is 19.4 Å². The molecule has 0 saturated heterocycles. The Morgan fingerprint density at radius 3 is 2.82 bits per heavy atom. The Morgan fingerprint density at radius 2 is 2.24 bits per heavy atom. The maximum Gasteiger partial charge on any atom is 0.141 e. The van der Waals surface area contributed by atoms with Crippen LogP contribution in [-0.2, 0) is 6.42 Å². The van der Waals surface area contributed by atoms with E-state index in [0.29, 0.717) is 17.4 Å². The van der Waals surface area contributed by atoms with Crippen LogP contribution in [0.5, 0.6) is 5.75 Å². The molecule has 17 heavy (non-hydrogen) atoms. The first-order valence-corrected chi connectivity index (χ1v) is 6.27. The van der Waals surface area contributed by atoms with E-state index in [-0.39, 0.29) is 6.04 Å². The molecule has 2 N–H and O–H groups in total.